The fourth-order valence-corrected chi connectivity index (χ4v) is 4.42. The summed E-state index contributed by atoms with van der Waals surface area (Å²) in [6, 6.07) is 6.83. The number of primary sulfonamides is 1. The van der Waals surface area contributed by atoms with E-state index in [1.54, 1.807) is 12.1 Å². The summed E-state index contributed by atoms with van der Waals surface area (Å²) in [7, 11) is -1.67. The quantitative estimate of drug-likeness (QED) is 0.551. The zero-order chi connectivity index (χ0) is 21.2. The summed E-state index contributed by atoms with van der Waals surface area (Å²) in [5, 5.41) is 5.19. The van der Waals surface area contributed by atoms with Gasteiger partial charge in [0, 0.05) is 6.54 Å². The van der Waals surface area contributed by atoms with Gasteiger partial charge in [-0.1, -0.05) is 18.6 Å². The van der Waals surface area contributed by atoms with Gasteiger partial charge in [0.1, 0.15) is 11.1 Å². The Morgan fingerprint density at radius 2 is 2.00 bits per heavy atom. The molecule has 0 bridgehead atoms. The summed E-state index contributed by atoms with van der Waals surface area (Å²) in [6.45, 7) is 8.54. The minimum Gasteiger partial charge on any atom is -0.459 e. The van der Waals surface area contributed by atoms with Crippen molar-refractivity contribution in [1.29, 1.82) is 0 Å². The molecule has 0 aromatic heterocycles. The van der Waals surface area contributed by atoms with Gasteiger partial charge in [-0.3, -0.25) is 9.69 Å². The first-order valence-corrected chi connectivity index (χ1v) is 11.4. The maximum absolute atomic E-state index is 12.6. The van der Waals surface area contributed by atoms with Crippen LogP contribution in [0.2, 0.25) is 0 Å². The van der Waals surface area contributed by atoms with Gasteiger partial charge in [-0.05, 0) is 84.0 Å². The third-order valence-electron chi connectivity index (χ3n) is 5.45. The number of carbonyl (C=O) groups excluding carboxylic acids is 1. The summed E-state index contributed by atoms with van der Waals surface area (Å²) < 4.78 is 28.5. The smallest absolute Gasteiger partial charge is 0.326 e. The maximum atomic E-state index is 12.6. The van der Waals surface area contributed by atoms with E-state index in [4.69, 9.17) is 9.88 Å². The van der Waals surface area contributed by atoms with Crippen LogP contribution in [0.25, 0.3) is 0 Å². The van der Waals surface area contributed by atoms with E-state index in [2.05, 4.69) is 4.90 Å². The molecule has 158 valence electrons. The average molecular weight is 411 g/mol. The molecule has 0 saturated carbocycles. The van der Waals surface area contributed by atoms with E-state index < -0.39 is 21.2 Å². The summed E-state index contributed by atoms with van der Waals surface area (Å²) in [5.41, 5.74) is -0.0690. The van der Waals surface area contributed by atoms with E-state index in [-0.39, 0.29) is 10.9 Å². The minimum absolute atomic E-state index is 0.148. The lowest BCUT2D eigenvalue weighted by Gasteiger charge is -2.33. The van der Waals surface area contributed by atoms with E-state index in [9.17, 15) is 13.2 Å². The molecule has 0 radical (unpaired) electrons. The molecule has 0 spiro atoms. The summed E-state index contributed by atoms with van der Waals surface area (Å²) >= 11 is 0. The maximum Gasteiger partial charge on any atom is 0.326 e. The number of benzene rings is 1. The van der Waals surface area contributed by atoms with Gasteiger partial charge in [0.05, 0.1) is 4.90 Å². The number of aryl methyl sites for hydroxylation is 1. The Labute approximate surface area is 169 Å². The number of likely N-dealkylation sites (N-methyl/N-ethyl adjacent to an activating group) is 1. The number of carbonyl (C=O) groups is 1. The van der Waals surface area contributed by atoms with Gasteiger partial charge in [0.2, 0.25) is 10.0 Å². The first kappa shape index (κ1) is 22.8. The van der Waals surface area contributed by atoms with Crippen LogP contribution in [0.5, 0.6) is 0 Å². The SMILES string of the molecule is CN1CC(CCCCc2cccc(S(N)(=O)=O)c2)CC1(C)C(=O)OC(C)(C)C. The molecule has 2 unspecified atom stereocenters. The third kappa shape index (κ3) is 6.03. The predicted octanol–water partition coefficient (Wildman–Crippen LogP) is 3.10. The van der Waals surface area contributed by atoms with Crippen molar-refractivity contribution in [3.05, 3.63) is 29.8 Å². The topological polar surface area (TPSA) is 89.7 Å². The number of hydrogen-bond donors (Lipinski definition) is 1. The van der Waals surface area contributed by atoms with Gasteiger partial charge >= 0.3 is 5.97 Å². The van der Waals surface area contributed by atoms with Crippen LogP contribution >= 0.6 is 0 Å². The summed E-state index contributed by atoms with van der Waals surface area (Å²) in [5.74, 6) is 0.308. The van der Waals surface area contributed by atoms with Crippen LogP contribution in [-0.2, 0) is 26.0 Å². The highest BCUT2D eigenvalue weighted by Crippen LogP contribution is 2.36. The average Bonchev–Trinajstić information content (AvgIpc) is 2.85. The van der Waals surface area contributed by atoms with E-state index in [1.807, 2.05) is 40.8 Å². The molecule has 1 aliphatic rings. The van der Waals surface area contributed by atoms with Crippen molar-refractivity contribution < 1.29 is 17.9 Å². The Bertz CT molecular complexity index is 801. The largest absolute Gasteiger partial charge is 0.459 e. The van der Waals surface area contributed by atoms with Gasteiger partial charge < -0.3 is 4.74 Å². The number of unbranched alkanes of at least 4 members (excludes halogenated alkanes) is 1. The lowest BCUT2D eigenvalue weighted by Crippen LogP contribution is -2.48. The van der Waals surface area contributed by atoms with Crippen LogP contribution in [0, 0.1) is 5.92 Å². The molecule has 2 atom stereocenters. The Morgan fingerprint density at radius 3 is 2.61 bits per heavy atom. The normalized spacial score (nSPS) is 23.7. The van der Waals surface area contributed by atoms with Crippen molar-refractivity contribution in [1.82, 2.24) is 4.90 Å². The second-order valence-electron chi connectivity index (χ2n) is 9.16. The molecule has 1 aromatic rings. The number of sulfonamides is 1. The number of likely N-dealkylation sites (tertiary alicyclic amines) is 1. The highest BCUT2D eigenvalue weighted by Gasteiger charge is 2.47. The van der Waals surface area contributed by atoms with Gasteiger partial charge in [-0.15, -0.1) is 0 Å². The molecule has 2 rings (SSSR count). The second kappa shape index (κ2) is 8.51. The van der Waals surface area contributed by atoms with Crippen LogP contribution in [-0.4, -0.2) is 44.0 Å². The Balaban J connectivity index is 1.84. The van der Waals surface area contributed by atoms with Gasteiger partial charge in [-0.25, -0.2) is 13.6 Å². The van der Waals surface area contributed by atoms with Crippen molar-refractivity contribution in [3.63, 3.8) is 0 Å². The zero-order valence-electron chi connectivity index (χ0n) is 17.7. The molecule has 28 heavy (non-hydrogen) atoms. The number of rotatable bonds is 7. The first-order valence-electron chi connectivity index (χ1n) is 9.88. The van der Waals surface area contributed by atoms with Crippen molar-refractivity contribution in [3.8, 4) is 0 Å². The highest BCUT2D eigenvalue weighted by atomic mass is 32.2. The van der Waals surface area contributed by atoms with E-state index in [0.29, 0.717) is 5.92 Å². The molecule has 6 nitrogen and oxygen atoms in total. The molecule has 0 aliphatic carbocycles. The Kier molecular flexibility index (Phi) is 6.94. The van der Waals surface area contributed by atoms with Gasteiger partial charge in [0.15, 0.2) is 0 Å². The van der Waals surface area contributed by atoms with Crippen molar-refractivity contribution in [2.45, 2.75) is 75.8 Å². The van der Waals surface area contributed by atoms with Crippen LogP contribution in [0.3, 0.4) is 0 Å². The standard InChI is InChI=1S/C21H34N2O4S/c1-20(2,3)27-19(24)21(4)14-17(15-23(21)5)10-7-6-9-16-11-8-12-18(13-16)28(22,25)26/h8,11-13,17H,6-7,9-10,14-15H2,1-5H3,(H2,22,25,26). The minimum atomic E-state index is -3.66. The molecule has 2 N–H and O–H groups in total. The van der Waals surface area contributed by atoms with Crippen LogP contribution in [0.1, 0.15) is 58.9 Å². The lowest BCUT2D eigenvalue weighted by molar-refractivity contribution is -0.166. The highest BCUT2D eigenvalue weighted by molar-refractivity contribution is 7.89. The fourth-order valence-electron chi connectivity index (χ4n) is 3.83. The van der Waals surface area contributed by atoms with E-state index >= 15 is 0 Å². The lowest BCUT2D eigenvalue weighted by atomic mass is 9.90. The molecule has 0 amide bonds. The molecule has 1 aromatic carbocycles. The number of ether oxygens (including phenoxy) is 1. The van der Waals surface area contributed by atoms with Gasteiger partial charge in [-0.2, -0.15) is 0 Å². The molecular weight excluding hydrogens is 376 g/mol. The number of nitrogens with zero attached hydrogens (tertiary/aromatic N) is 1. The molecule has 1 saturated heterocycles. The monoisotopic (exact) mass is 410 g/mol. The summed E-state index contributed by atoms with van der Waals surface area (Å²) in [6.07, 6.45) is 4.66. The predicted molar refractivity (Wildman–Crippen MR) is 110 cm³/mol. The summed E-state index contributed by atoms with van der Waals surface area (Å²) in [4.78, 5) is 14.9. The number of hydrogen-bond acceptors (Lipinski definition) is 5. The molecular formula is C21H34N2O4S. The van der Waals surface area contributed by atoms with Gasteiger partial charge in [0.25, 0.3) is 0 Å². The van der Waals surface area contributed by atoms with Crippen molar-refractivity contribution >= 4 is 16.0 Å². The molecule has 1 heterocycles. The third-order valence-corrected chi connectivity index (χ3v) is 6.37. The van der Waals surface area contributed by atoms with Crippen LogP contribution in [0.15, 0.2) is 29.2 Å². The molecule has 1 fully saturated rings. The first-order chi connectivity index (χ1) is 12.8. The molecule has 1 aliphatic heterocycles. The van der Waals surface area contributed by atoms with Crippen molar-refractivity contribution in [2.75, 3.05) is 13.6 Å². The number of esters is 1. The number of nitrogens with two attached hydrogens (primary N) is 1. The second-order valence-corrected chi connectivity index (χ2v) is 10.7. The Morgan fingerprint density at radius 1 is 1.32 bits per heavy atom. The van der Waals surface area contributed by atoms with E-state index in [1.165, 1.54) is 6.07 Å². The van der Waals surface area contributed by atoms with Crippen molar-refractivity contribution in [2.24, 2.45) is 11.1 Å². The van der Waals surface area contributed by atoms with Crippen LogP contribution < -0.4 is 5.14 Å². The molecule has 7 heteroatoms. The Hall–Kier alpha value is -1.44. The fraction of sp³-hybridized carbons (Fsp3) is 0.667. The van der Waals surface area contributed by atoms with E-state index in [0.717, 1.165) is 44.2 Å². The van der Waals surface area contributed by atoms with Crippen LogP contribution in [0.4, 0.5) is 0 Å². The zero-order valence-corrected chi connectivity index (χ0v) is 18.5.